The predicted molar refractivity (Wildman–Crippen MR) is 124 cm³/mol. The summed E-state index contributed by atoms with van der Waals surface area (Å²) in [6, 6.07) is -2.90. The van der Waals surface area contributed by atoms with E-state index in [9.17, 15) is 55.5 Å². The first kappa shape index (κ1) is 32.9. The molecular formula is C22H38N2O16. The summed E-state index contributed by atoms with van der Waals surface area (Å²) in [5, 5.41) is 96.5. The van der Waals surface area contributed by atoms with E-state index in [2.05, 4.69) is 10.6 Å². The number of carbonyl (C=O) groups is 2. The van der Waals surface area contributed by atoms with Gasteiger partial charge in [0, 0.05) is 13.8 Å². The Morgan fingerprint density at radius 3 is 1.55 bits per heavy atom. The molecule has 0 spiro atoms. The number of rotatable bonds is 9. The van der Waals surface area contributed by atoms with Crippen LogP contribution in [0.15, 0.2) is 0 Å². The van der Waals surface area contributed by atoms with Crippen molar-refractivity contribution in [3.05, 3.63) is 0 Å². The SMILES string of the molecule is CC(=O)N[C@H]1[C@H](O[C@@H]2[C@@H](O)[C@H](O)O[C@H](CO)[C@@H]2O)O[C@H](CO)[C@@H](O[C@@H]2O[C@H](CO)[C@H](O)[C@H](O)[C@H]2NC(C)=O)[C@@H]1O. The van der Waals surface area contributed by atoms with Crippen molar-refractivity contribution in [3.8, 4) is 0 Å². The van der Waals surface area contributed by atoms with Gasteiger partial charge in [-0.1, -0.05) is 0 Å². The molecule has 40 heavy (non-hydrogen) atoms. The Hall–Kier alpha value is -1.62. The van der Waals surface area contributed by atoms with Crippen LogP contribution in [0.5, 0.6) is 0 Å². The molecule has 3 saturated heterocycles. The van der Waals surface area contributed by atoms with Crippen LogP contribution in [0, 0.1) is 0 Å². The van der Waals surface area contributed by atoms with Gasteiger partial charge in [0.1, 0.15) is 73.1 Å². The molecule has 0 radical (unpaired) electrons. The normalized spacial score (nSPS) is 46.0. The van der Waals surface area contributed by atoms with Gasteiger partial charge in [-0.2, -0.15) is 0 Å². The topological polar surface area (TPSA) is 286 Å². The van der Waals surface area contributed by atoms with Crippen molar-refractivity contribution < 1.29 is 79.2 Å². The van der Waals surface area contributed by atoms with E-state index in [1.807, 2.05) is 0 Å². The van der Waals surface area contributed by atoms with Gasteiger partial charge in [-0.25, -0.2) is 0 Å². The predicted octanol–water partition coefficient (Wildman–Crippen LogP) is -7.29. The second-order valence-electron chi connectivity index (χ2n) is 9.81. The summed E-state index contributed by atoms with van der Waals surface area (Å²) < 4.78 is 27.6. The summed E-state index contributed by atoms with van der Waals surface area (Å²) in [7, 11) is 0. The van der Waals surface area contributed by atoms with Crippen molar-refractivity contribution in [1.82, 2.24) is 10.6 Å². The Morgan fingerprint density at radius 1 is 0.600 bits per heavy atom. The monoisotopic (exact) mass is 586 g/mol. The van der Waals surface area contributed by atoms with E-state index in [-0.39, 0.29) is 0 Å². The number of nitrogens with one attached hydrogen (secondary N) is 2. The number of amides is 2. The van der Waals surface area contributed by atoms with Crippen LogP contribution in [0.1, 0.15) is 13.8 Å². The lowest BCUT2D eigenvalue weighted by Gasteiger charge is -2.49. The summed E-state index contributed by atoms with van der Waals surface area (Å²) >= 11 is 0. The minimum atomic E-state index is -1.88. The largest absolute Gasteiger partial charge is 0.394 e. The smallest absolute Gasteiger partial charge is 0.217 e. The molecule has 0 aromatic heterocycles. The van der Waals surface area contributed by atoms with Gasteiger partial charge in [-0.3, -0.25) is 9.59 Å². The summed E-state index contributed by atoms with van der Waals surface area (Å²) in [6.45, 7) is -0.118. The van der Waals surface area contributed by atoms with Crippen LogP contribution in [-0.2, 0) is 33.3 Å². The second-order valence-corrected chi connectivity index (χ2v) is 9.81. The molecule has 3 aliphatic heterocycles. The van der Waals surface area contributed by atoms with Crippen LogP contribution < -0.4 is 10.6 Å². The zero-order valence-electron chi connectivity index (χ0n) is 21.7. The second kappa shape index (κ2) is 14.0. The van der Waals surface area contributed by atoms with Gasteiger partial charge in [-0.15, -0.1) is 0 Å². The fourth-order valence-electron chi connectivity index (χ4n) is 4.86. The average molecular weight is 587 g/mol. The number of hydrogen-bond acceptors (Lipinski definition) is 16. The zero-order chi connectivity index (χ0) is 29.9. The van der Waals surface area contributed by atoms with Gasteiger partial charge in [-0.05, 0) is 0 Å². The molecule has 3 rings (SSSR count). The molecule has 0 aromatic rings. The van der Waals surface area contributed by atoms with Crippen molar-refractivity contribution in [1.29, 1.82) is 0 Å². The van der Waals surface area contributed by atoms with Crippen molar-refractivity contribution in [2.45, 2.75) is 106 Å². The fraction of sp³-hybridized carbons (Fsp3) is 0.909. The Labute approximate surface area is 228 Å². The molecule has 0 aliphatic carbocycles. The Kier molecular flexibility index (Phi) is 11.5. The lowest BCUT2D eigenvalue weighted by Crippen LogP contribution is -2.70. The molecule has 0 unspecified atom stereocenters. The van der Waals surface area contributed by atoms with E-state index < -0.39 is 124 Å². The van der Waals surface area contributed by atoms with E-state index in [1.165, 1.54) is 0 Å². The van der Waals surface area contributed by atoms with Crippen LogP contribution in [0.2, 0.25) is 0 Å². The van der Waals surface area contributed by atoms with Gasteiger partial charge in [0.05, 0.1) is 19.8 Å². The van der Waals surface area contributed by atoms with Crippen LogP contribution in [0.25, 0.3) is 0 Å². The van der Waals surface area contributed by atoms with Crippen molar-refractivity contribution >= 4 is 11.8 Å². The summed E-state index contributed by atoms with van der Waals surface area (Å²) in [4.78, 5) is 23.7. The van der Waals surface area contributed by atoms with Crippen molar-refractivity contribution in [3.63, 3.8) is 0 Å². The fourth-order valence-corrected chi connectivity index (χ4v) is 4.86. The van der Waals surface area contributed by atoms with Crippen LogP contribution in [-0.4, -0.2) is 170 Å². The summed E-state index contributed by atoms with van der Waals surface area (Å²) in [5.41, 5.74) is 0. The van der Waals surface area contributed by atoms with Crippen LogP contribution in [0.3, 0.4) is 0 Å². The van der Waals surface area contributed by atoms with E-state index in [1.54, 1.807) is 0 Å². The first-order valence-corrected chi connectivity index (χ1v) is 12.6. The van der Waals surface area contributed by atoms with E-state index >= 15 is 0 Å². The van der Waals surface area contributed by atoms with Gasteiger partial charge in [0.15, 0.2) is 18.9 Å². The molecular weight excluding hydrogens is 548 g/mol. The minimum Gasteiger partial charge on any atom is -0.394 e. The molecule has 2 amide bonds. The molecule has 3 heterocycles. The maximum Gasteiger partial charge on any atom is 0.217 e. The molecule has 18 nitrogen and oxygen atoms in total. The van der Waals surface area contributed by atoms with Crippen molar-refractivity contribution in [2.24, 2.45) is 0 Å². The Bertz CT molecular complexity index is 854. The van der Waals surface area contributed by atoms with Gasteiger partial charge in [0.2, 0.25) is 11.8 Å². The van der Waals surface area contributed by atoms with Crippen molar-refractivity contribution in [2.75, 3.05) is 19.8 Å². The van der Waals surface area contributed by atoms with Gasteiger partial charge in [0.25, 0.3) is 0 Å². The zero-order valence-corrected chi connectivity index (χ0v) is 21.7. The molecule has 3 aliphatic rings. The molecule has 0 saturated carbocycles. The molecule has 15 atom stereocenters. The number of ether oxygens (including phenoxy) is 5. The van der Waals surface area contributed by atoms with Gasteiger partial charge < -0.3 is 80.3 Å². The highest BCUT2D eigenvalue weighted by Crippen LogP contribution is 2.32. The number of aliphatic hydroxyl groups excluding tert-OH is 9. The first-order chi connectivity index (χ1) is 18.8. The number of aliphatic hydroxyl groups is 9. The highest BCUT2D eigenvalue weighted by atomic mass is 16.7. The van der Waals surface area contributed by atoms with E-state index in [4.69, 9.17) is 23.7 Å². The summed E-state index contributed by atoms with van der Waals surface area (Å²) in [6.07, 6.45) is -21.2. The Balaban J connectivity index is 1.87. The molecule has 18 heteroatoms. The maximum absolute atomic E-state index is 12.0. The maximum atomic E-state index is 12.0. The molecule has 0 aromatic carbocycles. The lowest BCUT2D eigenvalue weighted by molar-refractivity contribution is -0.358. The minimum absolute atomic E-state index is 0.642. The molecule has 3 fully saturated rings. The van der Waals surface area contributed by atoms with Crippen LogP contribution in [0.4, 0.5) is 0 Å². The number of carbonyl (C=O) groups excluding carboxylic acids is 2. The highest BCUT2D eigenvalue weighted by molar-refractivity contribution is 5.73. The molecule has 232 valence electrons. The van der Waals surface area contributed by atoms with E-state index in [0.717, 1.165) is 13.8 Å². The average Bonchev–Trinajstić information content (AvgIpc) is 2.90. The quantitative estimate of drug-likeness (QED) is 0.120. The number of hydrogen-bond donors (Lipinski definition) is 11. The van der Waals surface area contributed by atoms with Gasteiger partial charge >= 0.3 is 0 Å². The van der Waals surface area contributed by atoms with E-state index in [0.29, 0.717) is 0 Å². The molecule has 11 N–H and O–H groups in total. The third-order valence-corrected chi connectivity index (χ3v) is 6.90. The highest BCUT2D eigenvalue weighted by Gasteiger charge is 2.54. The lowest BCUT2D eigenvalue weighted by atomic mass is 9.94. The summed E-state index contributed by atoms with van der Waals surface area (Å²) in [5.74, 6) is -1.33. The van der Waals surface area contributed by atoms with Crippen LogP contribution >= 0.6 is 0 Å². The molecule has 0 bridgehead atoms. The Morgan fingerprint density at radius 2 is 1.05 bits per heavy atom. The standard InChI is InChI=1S/C22H38N2O16/c1-6(28)23-11-15(32)13(30)8(3-25)37-21(11)39-18-10(5-27)38-22(12(16(18)33)24-7(2)29)40-19-14(31)9(4-26)36-20(35)17(19)34/h8-22,25-27,30-35H,3-5H2,1-2H3,(H,23,28)(H,24,29)/t8-,9-,10-,11-,12-,13+,14+,15-,16-,17-,18-,19+,20-,21+,22+/m1/s1. The first-order valence-electron chi connectivity index (χ1n) is 12.6. The third kappa shape index (κ3) is 7.05. The third-order valence-electron chi connectivity index (χ3n) is 6.90.